The van der Waals surface area contributed by atoms with Crippen molar-refractivity contribution in [3.05, 3.63) is 51.6 Å². The fourth-order valence-electron chi connectivity index (χ4n) is 7.87. The SMILES string of the molecule is COc1cccc2c1C(=O)c1c(O)c3c(c(O)c1C2=O)C[C@@](O)(C(=O)CO)C[C@@H]3O[C@H]1C[C@@H](N2CCN(C(=O)OC(C)(C)C)CC2OC)[C@H](O)[C@H](C)O1. The number of piperazine rings is 1. The average molecular weight is 743 g/mol. The number of hydrogen-bond donors (Lipinski definition) is 5. The van der Waals surface area contributed by atoms with Gasteiger partial charge in [0, 0.05) is 62.2 Å². The van der Waals surface area contributed by atoms with E-state index >= 15 is 0 Å². The van der Waals surface area contributed by atoms with Gasteiger partial charge in [0.2, 0.25) is 5.78 Å². The van der Waals surface area contributed by atoms with Gasteiger partial charge in [-0.15, -0.1) is 0 Å². The van der Waals surface area contributed by atoms with E-state index in [0.717, 1.165) is 0 Å². The monoisotopic (exact) mass is 742 g/mol. The first-order chi connectivity index (χ1) is 24.9. The lowest BCUT2D eigenvalue weighted by molar-refractivity contribution is -0.268. The number of benzene rings is 2. The predicted octanol–water partition coefficient (Wildman–Crippen LogP) is 1.57. The van der Waals surface area contributed by atoms with Crippen molar-refractivity contribution in [3.63, 3.8) is 0 Å². The molecule has 4 aliphatic rings. The molecule has 0 saturated carbocycles. The van der Waals surface area contributed by atoms with E-state index in [1.807, 2.05) is 4.90 Å². The van der Waals surface area contributed by atoms with Gasteiger partial charge in [0.1, 0.15) is 41.3 Å². The Morgan fingerprint density at radius 3 is 2.38 bits per heavy atom. The minimum atomic E-state index is -2.31. The van der Waals surface area contributed by atoms with Crippen LogP contribution in [0.3, 0.4) is 0 Å². The first-order valence-corrected chi connectivity index (χ1v) is 17.4. The van der Waals surface area contributed by atoms with Gasteiger partial charge in [0.15, 0.2) is 17.9 Å². The van der Waals surface area contributed by atoms with Crippen molar-refractivity contribution in [2.45, 2.75) is 95.0 Å². The zero-order chi connectivity index (χ0) is 38.7. The Bertz CT molecular complexity index is 1820. The fourth-order valence-corrected chi connectivity index (χ4v) is 7.87. The van der Waals surface area contributed by atoms with Gasteiger partial charge in [0.05, 0.1) is 48.7 Å². The molecule has 2 aliphatic carbocycles. The van der Waals surface area contributed by atoms with Gasteiger partial charge >= 0.3 is 6.09 Å². The quantitative estimate of drug-likeness (QED) is 0.217. The number of ketones is 3. The summed E-state index contributed by atoms with van der Waals surface area (Å²) in [4.78, 5) is 57.0. The van der Waals surface area contributed by atoms with Crippen LogP contribution in [0.5, 0.6) is 17.2 Å². The van der Waals surface area contributed by atoms with Crippen LogP contribution in [0.2, 0.25) is 0 Å². The average Bonchev–Trinajstić information content (AvgIpc) is 3.11. The fraction of sp³-hybridized carbons (Fsp3) is 0.568. The Labute approximate surface area is 305 Å². The van der Waals surface area contributed by atoms with E-state index in [-0.39, 0.29) is 54.1 Å². The molecule has 1 unspecified atom stereocenters. The molecule has 7 atom stereocenters. The van der Waals surface area contributed by atoms with Crippen LogP contribution >= 0.6 is 0 Å². The van der Waals surface area contributed by atoms with Crippen molar-refractivity contribution in [2.75, 3.05) is 40.5 Å². The highest BCUT2D eigenvalue weighted by Gasteiger charge is 2.51. The zero-order valence-electron chi connectivity index (χ0n) is 30.5. The Hall–Kier alpha value is -4.16. The van der Waals surface area contributed by atoms with Crippen LogP contribution in [0.4, 0.5) is 4.79 Å². The number of ether oxygens (including phenoxy) is 5. The third-order valence-corrected chi connectivity index (χ3v) is 10.5. The lowest BCUT2D eigenvalue weighted by atomic mass is 9.72. The maximum atomic E-state index is 14.0. The number of aliphatic hydroxyl groups excluding tert-OH is 2. The number of Topliss-reactive ketones (excluding diaryl/α,β-unsaturated/α-hetero) is 1. The van der Waals surface area contributed by atoms with E-state index in [2.05, 4.69) is 0 Å². The number of fused-ring (bicyclic) bond motifs is 3. The van der Waals surface area contributed by atoms with E-state index in [4.69, 9.17) is 23.7 Å². The molecule has 6 rings (SSSR count). The Morgan fingerprint density at radius 2 is 1.74 bits per heavy atom. The van der Waals surface area contributed by atoms with Crippen molar-refractivity contribution < 1.29 is 68.4 Å². The number of aliphatic hydroxyl groups is 3. The molecule has 2 saturated heterocycles. The Morgan fingerprint density at radius 1 is 1.04 bits per heavy atom. The van der Waals surface area contributed by atoms with Crippen LogP contribution < -0.4 is 4.74 Å². The molecule has 2 aliphatic heterocycles. The summed E-state index contributed by atoms with van der Waals surface area (Å²) in [5, 5.41) is 56.2. The third kappa shape index (κ3) is 6.77. The number of amides is 1. The molecule has 0 spiro atoms. The summed E-state index contributed by atoms with van der Waals surface area (Å²) in [7, 11) is 2.80. The molecule has 1 amide bonds. The van der Waals surface area contributed by atoms with E-state index < -0.39 is 114 Å². The van der Waals surface area contributed by atoms with Gasteiger partial charge in [-0.3, -0.25) is 19.3 Å². The molecule has 0 bridgehead atoms. The molecule has 16 nitrogen and oxygen atoms in total. The van der Waals surface area contributed by atoms with Crippen LogP contribution in [-0.4, -0.2) is 141 Å². The van der Waals surface area contributed by atoms with E-state index in [0.29, 0.717) is 0 Å². The second-order valence-electron chi connectivity index (χ2n) is 14.9. The summed E-state index contributed by atoms with van der Waals surface area (Å²) in [5.41, 5.74) is -4.56. The molecule has 288 valence electrons. The second-order valence-corrected chi connectivity index (χ2v) is 14.9. The molecule has 16 heteroatoms. The summed E-state index contributed by atoms with van der Waals surface area (Å²) in [6, 6.07) is 3.71. The van der Waals surface area contributed by atoms with E-state index in [1.165, 1.54) is 37.3 Å². The van der Waals surface area contributed by atoms with Crippen molar-refractivity contribution in [1.29, 1.82) is 0 Å². The molecule has 2 aromatic rings. The van der Waals surface area contributed by atoms with Crippen LogP contribution in [0.1, 0.15) is 89.6 Å². The number of rotatable bonds is 7. The molecular weight excluding hydrogens is 696 g/mol. The second kappa shape index (κ2) is 14.2. The van der Waals surface area contributed by atoms with Crippen molar-refractivity contribution in [2.24, 2.45) is 0 Å². The van der Waals surface area contributed by atoms with Crippen molar-refractivity contribution in [3.8, 4) is 17.2 Å². The summed E-state index contributed by atoms with van der Waals surface area (Å²) in [5.74, 6) is -3.92. The Kier molecular flexibility index (Phi) is 10.4. The van der Waals surface area contributed by atoms with Crippen molar-refractivity contribution in [1.82, 2.24) is 9.80 Å². The summed E-state index contributed by atoms with van der Waals surface area (Å²) in [6.07, 6.45) is -6.73. The summed E-state index contributed by atoms with van der Waals surface area (Å²) >= 11 is 0. The lowest BCUT2D eigenvalue weighted by Gasteiger charge is -2.49. The number of methoxy groups -OCH3 is 2. The largest absolute Gasteiger partial charge is 0.507 e. The number of carbonyl (C=O) groups is 4. The molecule has 2 fully saturated rings. The number of phenolic OH excluding ortho intramolecular Hbond substituents is 2. The molecule has 5 N–H and O–H groups in total. The highest BCUT2D eigenvalue weighted by Crippen LogP contribution is 2.52. The minimum Gasteiger partial charge on any atom is -0.507 e. The number of carbonyl (C=O) groups excluding carboxylic acids is 4. The summed E-state index contributed by atoms with van der Waals surface area (Å²) < 4.78 is 29.1. The topological polar surface area (TPSA) is 222 Å². The highest BCUT2D eigenvalue weighted by molar-refractivity contribution is 6.31. The predicted molar refractivity (Wildman–Crippen MR) is 183 cm³/mol. The van der Waals surface area contributed by atoms with Gasteiger partial charge in [-0.1, -0.05) is 12.1 Å². The van der Waals surface area contributed by atoms with Crippen molar-refractivity contribution >= 4 is 23.4 Å². The van der Waals surface area contributed by atoms with Crippen LogP contribution in [0.25, 0.3) is 0 Å². The first kappa shape index (κ1) is 38.6. The maximum absolute atomic E-state index is 14.0. The summed E-state index contributed by atoms with van der Waals surface area (Å²) in [6.45, 7) is 6.57. The number of hydrogen-bond acceptors (Lipinski definition) is 15. The van der Waals surface area contributed by atoms with Gasteiger partial charge in [0.25, 0.3) is 0 Å². The maximum Gasteiger partial charge on any atom is 0.410 e. The highest BCUT2D eigenvalue weighted by atomic mass is 16.7. The van der Waals surface area contributed by atoms with Crippen LogP contribution in [-0.2, 0) is 30.2 Å². The normalized spacial score (nSPS) is 28.9. The number of phenols is 2. The third-order valence-electron chi connectivity index (χ3n) is 10.5. The van der Waals surface area contributed by atoms with Gasteiger partial charge in [-0.05, 0) is 33.8 Å². The van der Waals surface area contributed by atoms with Gasteiger partial charge in [-0.2, -0.15) is 0 Å². The number of nitrogens with zero attached hydrogens (tertiary/aromatic N) is 2. The Balaban J connectivity index is 1.35. The first-order valence-electron chi connectivity index (χ1n) is 17.4. The molecule has 0 aromatic heterocycles. The molecule has 53 heavy (non-hydrogen) atoms. The molecule has 0 radical (unpaired) electrons. The molecule has 2 aromatic carbocycles. The van der Waals surface area contributed by atoms with Gasteiger partial charge in [-0.25, -0.2) is 4.79 Å². The zero-order valence-corrected chi connectivity index (χ0v) is 30.5. The van der Waals surface area contributed by atoms with E-state index in [9.17, 15) is 44.7 Å². The smallest absolute Gasteiger partial charge is 0.410 e. The molecular formula is C37H46N2O14. The minimum absolute atomic E-state index is 0.00961. The van der Waals surface area contributed by atoms with E-state index in [1.54, 1.807) is 27.7 Å². The van der Waals surface area contributed by atoms with Crippen LogP contribution in [0, 0.1) is 0 Å². The van der Waals surface area contributed by atoms with Gasteiger partial charge < -0.3 is 54.1 Å². The number of aromatic hydroxyl groups is 2. The van der Waals surface area contributed by atoms with Crippen LogP contribution in [0.15, 0.2) is 18.2 Å². The molecule has 2 heterocycles. The standard InChI is InChI=1S/C37H46N2O14/c1-17-30(42)20(39-11-10-38(15-24(39)50-6)35(47)53-36(2,3)4)12-25(51-17)52-22-14-37(48,23(41)16-40)13-19-27(22)34(46)29-28(32(19)44)31(43)18-8-7-9-21(49-5)26(18)33(29)45/h7-9,17,20,22,24-25,30,40,42,44,46,48H,10-16H2,1-6H3/t17-,20+,22-,24?,25-,30+,37-/m0/s1. The lowest BCUT2D eigenvalue weighted by Crippen LogP contribution is -2.64.